The van der Waals surface area contributed by atoms with E-state index in [4.69, 9.17) is 10.5 Å². The number of likely N-dealkylation sites (tertiary alicyclic amines) is 1. The third kappa shape index (κ3) is 5.08. The Morgan fingerprint density at radius 1 is 1.53 bits per heavy atom. The fourth-order valence-corrected chi connectivity index (χ4v) is 2.92. The first-order chi connectivity index (χ1) is 8.74. The van der Waals surface area contributed by atoms with Crippen LogP contribution >= 0.6 is 0 Å². The monoisotopic (exact) mass is 292 g/mol. The largest absolute Gasteiger partial charge is 0.379 e. The van der Waals surface area contributed by atoms with Gasteiger partial charge in [-0.25, -0.2) is 8.42 Å². The number of carbonyl (C=O) groups excluding carboxylic acids is 1. The lowest BCUT2D eigenvalue weighted by molar-refractivity contribution is -0.137. The van der Waals surface area contributed by atoms with Crippen LogP contribution in [0.4, 0.5) is 0 Å². The van der Waals surface area contributed by atoms with Crippen LogP contribution in [-0.2, 0) is 19.4 Å². The summed E-state index contributed by atoms with van der Waals surface area (Å²) >= 11 is 0. The molecule has 0 saturated carbocycles. The van der Waals surface area contributed by atoms with Crippen molar-refractivity contribution in [1.29, 1.82) is 0 Å². The molecule has 6 nitrogen and oxygen atoms in total. The minimum absolute atomic E-state index is 0.0276. The first-order valence-corrected chi connectivity index (χ1v) is 8.55. The number of nitrogens with two attached hydrogens (primary N) is 1. The standard InChI is InChI=1S/C12H24N2O4S/c1-9-4-6-14(8-11(9)18-2)12(15)10(13)5-7-19(3,16)17/h9-11H,4-8,13H2,1-3H3. The summed E-state index contributed by atoms with van der Waals surface area (Å²) in [6, 6.07) is -0.749. The van der Waals surface area contributed by atoms with Gasteiger partial charge >= 0.3 is 0 Å². The molecule has 7 heteroatoms. The predicted octanol–water partition coefficient (Wildman–Crippen LogP) is -0.368. The average Bonchev–Trinajstić information content (AvgIpc) is 2.34. The van der Waals surface area contributed by atoms with Crippen molar-refractivity contribution < 1.29 is 17.9 Å². The maximum atomic E-state index is 12.1. The molecule has 2 N–H and O–H groups in total. The van der Waals surface area contributed by atoms with Gasteiger partial charge in [-0.05, 0) is 18.8 Å². The van der Waals surface area contributed by atoms with E-state index in [0.717, 1.165) is 12.7 Å². The van der Waals surface area contributed by atoms with Crippen molar-refractivity contribution >= 4 is 15.7 Å². The van der Waals surface area contributed by atoms with E-state index in [-0.39, 0.29) is 24.2 Å². The van der Waals surface area contributed by atoms with E-state index in [1.807, 2.05) is 0 Å². The maximum absolute atomic E-state index is 12.1. The van der Waals surface area contributed by atoms with Gasteiger partial charge in [0.05, 0.1) is 17.9 Å². The second-order valence-electron chi connectivity index (χ2n) is 5.35. The molecule has 0 bridgehead atoms. The van der Waals surface area contributed by atoms with Crippen LogP contribution in [0.5, 0.6) is 0 Å². The molecule has 0 aromatic rings. The highest BCUT2D eigenvalue weighted by molar-refractivity contribution is 7.90. The molecule has 0 aliphatic carbocycles. The van der Waals surface area contributed by atoms with E-state index in [1.165, 1.54) is 0 Å². The molecule has 3 unspecified atom stereocenters. The highest BCUT2D eigenvalue weighted by atomic mass is 32.2. The van der Waals surface area contributed by atoms with Crippen molar-refractivity contribution in [2.45, 2.75) is 31.9 Å². The van der Waals surface area contributed by atoms with Crippen LogP contribution in [0.3, 0.4) is 0 Å². The lowest BCUT2D eigenvalue weighted by Crippen LogP contribution is -2.52. The minimum atomic E-state index is -3.08. The Balaban J connectivity index is 2.53. The van der Waals surface area contributed by atoms with Gasteiger partial charge in [0.2, 0.25) is 5.91 Å². The molecule has 19 heavy (non-hydrogen) atoms. The highest BCUT2D eigenvalue weighted by Crippen LogP contribution is 2.20. The van der Waals surface area contributed by atoms with Gasteiger partial charge in [0, 0.05) is 26.5 Å². The fourth-order valence-electron chi connectivity index (χ4n) is 2.24. The van der Waals surface area contributed by atoms with Crippen LogP contribution in [0.25, 0.3) is 0 Å². The summed E-state index contributed by atoms with van der Waals surface area (Å²) in [5.41, 5.74) is 5.78. The van der Waals surface area contributed by atoms with Crippen molar-refractivity contribution in [2.75, 3.05) is 32.2 Å². The van der Waals surface area contributed by atoms with E-state index in [0.29, 0.717) is 19.0 Å². The summed E-state index contributed by atoms with van der Waals surface area (Å²) in [5.74, 6) is 0.177. The molecule has 1 aliphatic rings. The Labute approximate surface area is 115 Å². The molecule has 1 amide bonds. The number of hydrogen-bond donors (Lipinski definition) is 1. The molecule has 0 aromatic carbocycles. The van der Waals surface area contributed by atoms with Crippen molar-refractivity contribution in [3.8, 4) is 0 Å². The first-order valence-electron chi connectivity index (χ1n) is 6.49. The summed E-state index contributed by atoms with van der Waals surface area (Å²) in [7, 11) is -1.45. The molecule has 0 spiro atoms. The van der Waals surface area contributed by atoms with Crippen molar-refractivity contribution in [1.82, 2.24) is 4.90 Å². The molecule has 1 heterocycles. The van der Waals surface area contributed by atoms with E-state index in [1.54, 1.807) is 12.0 Å². The zero-order chi connectivity index (χ0) is 14.6. The SMILES string of the molecule is COC1CN(C(=O)C(N)CCS(C)(=O)=O)CCC1C. The minimum Gasteiger partial charge on any atom is -0.379 e. The molecule has 1 fully saturated rings. The Hall–Kier alpha value is -0.660. The number of methoxy groups -OCH3 is 1. The van der Waals surface area contributed by atoms with Crippen LogP contribution in [-0.4, -0.2) is 63.6 Å². The third-order valence-corrected chi connectivity index (χ3v) is 4.60. The normalized spacial score (nSPS) is 26.2. The number of hydrogen-bond acceptors (Lipinski definition) is 5. The van der Waals surface area contributed by atoms with Gasteiger partial charge in [-0.15, -0.1) is 0 Å². The van der Waals surface area contributed by atoms with Crippen LogP contribution in [0.15, 0.2) is 0 Å². The molecule has 1 aliphatic heterocycles. The van der Waals surface area contributed by atoms with Crippen LogP contribution in [0.1, 0.15) is 19.8 Å². The second-order valence-corrected chi connectivity index (χ2v) is 7.61. The molecular weight excluding hydrogens is 268 g/mol. The molecular formula is C12H24N2O4S. The van der Waals surface area contributed by atoms with E-state index < -0.39 is 15.9 Å². The van der Waals surface area contributed by atoms with Crippen LogP contribution in [0.2, 0.25) is 0 Å². The first kappa shape index (κ1) is 16.4. The zero-order valence-corrected chi connectivity index (χ0v) is 12.6. The average molecular weight is 292 g/mol. The Bertz CT molecular complexity index is 410. The lowest BCUT2D eigenvalue weighted by atomic mass is 9.95. The Morgan fingerprint density at radius 3 is 2.68 bits per heavy atom. The third-order valence-electron chi connectivity index (χ3n) is 3.62. The summed E-state index contributed by atoms with van der Waals surface area (Å²) in [4.78, 5) is 13.8. The van der Waals surface area contributed by atoms with Crippen LogP contribution in [0, 0.1) is 5.92 Å². The van der Waals surface area contributed by atoms with Gasteiger partial charge in [0.15, 0.2) is 0 Å². The van der Waals surface area contributed by atoms with Gasteiger partial charge in [0.1, 0.15) is 9.84 Å². The van der Waals surface area contributed by atoms with Gasteiger partial charge in [-0.3, -0.25) is 4.79 Å². The van der Waals surface area contributed by atoms with Gasteiger partial charge in [0.25, 0.3) is 0 Å². The van der Waals surface area contributed by atoms with Crippen molar-refractivity contribution in [3.63, 3.8) is 0 Å². The lowest BCUT2D eigenvalue weighted by Gasteiger charge is -2.37. The molecule has 0 aromatic heterocycles. The van der Waals surface area contributed by atoms with Crippen LogP contribution < -0.4 is 5.73 Å². The summed E-state index contributed by atoms with van der Waals surface area (Å²) in [6.45, 7) is 3.29. The van der Waals surface area contributed by atoms with Crippen molar-refractivity contribution in [3.05, 3.63) is 0 Å². The number of amides is 1. The summed E-state index contributed by atoms with van der Waals surface area (Å²) in [6.07, 6.45) is 2.22. The Kier molecular flexibility index (Phi) is 5.76. The molecule has 1 saturated heterocycles. The predicted molar refractivity (Wildman–Crippen MR) is 73.5 cm³/mol. The summed E-state index contributed by atoms with van der Waals surface area (Å²) < 4.78 is 27.5. The van der Waals surface area contributed by atoms with E-state index in [2.05, 4.69) is 6.92 Å². The number of rotatable bonds is 5. The topological polar surface area (TPSA) is 89.7 Å². The molecule has 1 rings (SSSR count). The second kappa shape index (κ2) is 6.67. The quantitative estimate of drug-likeness (QED) is 0.747. The number of nitrogens with zero attached hydrogens (tertiary/aromatic N) is 1. The fraction of sp³-hybridized carbons (Fsp3) is 0.917. The van der Waals surface area contributed by atoms with Gasteiger partial charge in [-0.2, -0.15) is 0 Å². The van der Waals surface area contributed by atoms with Gasteiger partial charge in [-0.1, -0.05) is 6.92 Å². The summed E-state index contributed by atoms with van der Waals surface area (Å²) in [5, 5.41) is 0. The molecule has 3 atom stereocenters. The van der Waals surface area contributed by atoms with E-state index in [9.17, 15) is 13.2 Å². The number of ether oxygens (including phenoxy) is 1. The van der Waals surface area contributed by atoms with Crippen molar-refractivity contribution in [2.24, 2.45) is 11.7 Å². The van der Waals surface area contributed by atoms with Gasteiger partial charge < -0.3 is 15.4 Å². The Morgan fingerprint density at radius 2 is 2.16 bits per heavy atom. The number of sulfone groups is 1. The zero-order valence-electron chi connectivity index (χ0n) is 11.8. The number of piperidine rings is 1. The maximum Gasteiger partial charge on any atom is 0.239 e. The molecule has 0 radical (unpaired) electrons. The van der Waals surface area contributed by atoms with E-state index >= 15 is 0 Å². The molecule has 112 valence electrons. The highest BCUT2D eigenvalue weighted by Gasteiger charge is 2.31. The smallest absolute Gasteiger partial charge is 0.239 e. The number of carbonyl (C=O) groups is 1.